The standard InChI is InChI=1S/C14H29NO/c1-4-5-6-7-8-13(3)16-14-9-10-15-12(2)11-14/h12-15H,4-11H2,1-3H3. The third kappa shape index (κ3) is 5.86. The quantitative estimate of drug-likeness (QED) is 0.672. The molecule has 1 fully saturated rings. The maximum atomic E-state index is 6.10. The lowest BCUT2D eigenvalue weighted by atomic mass is 10.0. The van der Waals surface area contributed by atoms with Gasteiger partial charge in [-0.3, -0.25) is 0 Å². The molecular formula is C14H29NO. The van der Waals surface area contributed by atoms with E-state index in [1.54, 1.807) is 0 Å². The van der Waals surface area contributed by atoms with Gasteiger partial charge in [0, 0.05) is 6.04 Å². The van der Waals surface area contributed by atoms with Gasteiger partial charge in [0.1, 0.15) is 0 Å². The predicted octanol–water partition coefficient (Wildman–Crippen LogP) is 3.50. The fraction of sp³-hybridized carbons (Fsp3) is 1.00. The van der Waals surface area contributed by atoms with E-state index in [1.807, 2.05) is 0 Å². The lowest BCUT2D eigenvalue weighted by molar-refractivity contribution is -0.0280. The van der Waals surface area contributed by atoms with Gasteiger partial charge in [-0.1, -0.05) is 32.6 Å². The molecule has 1 saturated heterocycles. The van der Waals surface area contributed by atoms with Crippen LogP contribution in [0.25, 0.3) is 0 Å². The zero-order chi connectivity index (χ0) is 11.8. The van der Waals surface area contributed by atoms with E-state index < -0.39 is 0 Å². The van der Waals surface area contributed by atoms with Gasteiger partial charge in [0.25, 0.3) is 0 Å². The first-order valence-corrected chi connectivity index (χ1v) is 7.11. The first-order valence-electron chi connectivity index (χ1n) is 7.11. The Bertz CT molecular complexity index is 172. The van der Waals surface area contributed by atoms with Crippen LogP contribution in [0.2, 0.25) is 0 Å². The van der Waals surface area contributed by atoms with E-state index in [4.69, 9.17) is 4.74 Å². The zero-order valence-electron chi connectivity index (χ0n) is 11.3. The van der Waals surface area contributed by atoms with Gasteiger partial charge in [-0.2, -0.15) is 0 Å². The fourth-order valence-electron chi connectivity index (χ4n) is 2.46. The highest BCUT2D eigenvalue weighted by atomic mass is 16.5. The Labute approximate surface area is 101 Å². The van der Waals surface area contributed by atoms with Crippen LogP contribution in [-0.4, -0.2) is 24.8 Å². The molecule has 1 aliphatic rings. The first kappa shape index (κ1) is 14.0. The summed E-state index contributed by atoms with van der Waals surface area (Å²) in [7, 11) is 0. The van der Waals surface area contributed by atoms with Crippen LogP contribution < -0.4 is 5.32 Å². The number of rotatable bonds is 7. The molecule has 3 atom stereocenters. The molecule has 0 bridgehead atoms. The molecule has 0 saturated carbocycles. The third-order valence-electron chi connectivity index (χ3n) is 3.46. The number of unbranched alkanes of at least 4 members (excludes halogenated alkanes) is 3. The summed E-state index contributed by atoms with van der Waals surface area (Å²) in [6, 6.07) is 0.631. The van der Waals surface area contributed by atoms with E-state index in [1.165, 1.54) is 44.9 Å². The van der Waals surface area contributed by atoms with Gasteiger partial charge in [-0.05, 0) is 39.7 Å². The van der Waals surface area contributed by atoms with E-state index >= 15 is 0 Å². The monoisotopic (exact) mass is 227 g/mol. The maximum absolute atomic E-state index is 6.10. The lowest BCUT2D eigenvalue weighted by Crippen LogP contribution is -2.40. The van der Waals surface area contributed by atoms with Crippen molar-refractivity contribution in [3.8, 4) is 0 Å². The van der Waals surface area contributed by atoms with Crippen LogP contribution in [0.15, 0.2) is 0 Å². The minimum absolute atomic E-state index is 0.451. The number of piperidine rings is 1. The molecule has 0 aromatic carbocycles. The predicted molar refractivity (Wildman–Crippen MR) is 69.8 cm³/mol. The Morgan fingerprint density at radius 2 is 2.12 bits per heavy atom. The molecule has 1 N–H and O–H groups in total. The lowest BCUT2D eigenvalue weighted by Gasteiger charge is -2.30. The average molecular weight is 227 g/mol. The van der Waals surface area contributed by atoms with Crippen molar-refractivity contribution in [3.05, 3.63) is 0 Å². The van der Waals surface area contributed by atoms with Gasteiger partial charge in [0.05, 0.1) is 12.2 Å². The van der Waals surface area contributed by atoms with Crippen molar-refractivity contribution in [3.63, 3.8) is 0 Å². The molecule has 0 aliphatic carbocycles. The Morgan fingerprint density at radius 1 is 1.31 bits per heavy atom. The molecule has 2 nitrogen and oxygen atoms in total. The van der Waals surface area contributed by atoms with Crippen molar-refractivity contribution in [2.75, 3.05) is 6.54 Å². The highest BCUT2D eigenvalue weighted by molar-refractivity contribution is 4.76. The highest BCUT2D eigenvalue weighted by Crippen LogP contribution is 2.17. The summed E-state index contributed by atoms with van der Waals surface area (Å²) < 4.78 is 6.10. The fourth-order valence-corrected chi connectivity index (χ4v) is 2.46. The first-order chi connectivity index (χ1) is 7.72. The van der Waals surface area contributed by atoms with Crippen molar-refractivity contribution in [2.24, 2.45) is 0 Å². The molecule has 0 amide bonds. The molecule has 0 aromatic heterocycles. The van der Waals surface area contributed by atoms with E-state index in [2.05, 4.69) is 26.1 Å². The number of nitrogens with one attached hydrogen (secondary N) is 1. The Hall–Kier alpha value is -0.0800. The molecule has 0 radical (unpaired) electrons. The van der Waals surface area contributed by atoms with Crippen molar-refractivity contribution < 1.29 is 4.74 Å². The minimum Gasteiger partial charge on any atom is -0.375 e. The van der Waals surface area contributed by atoms with E-state index in [-0.39, 0.29) is 0 Å². The molecule has 1 aliphatic heterocycles. The average Bonchev–Trinajstić information content (AvgIpc) is 2.24. The Kier molecular flexibility index (Phi) is 7.06. The molecule has 1 heterocycles. The molecule has 0 aromatic rings. The SMILES string of the molecule is CCCCCCC(C)OC1CCNC(C)C1. The van der Waals surface area contributed by atoms with Crippen LogP contribution in [0.3, 0.4) is 0 Å². The van der Waals surface area contributed by atoms with Gasteiger partial charge >= 0.3 is 0 Å². The summed E-state index contributed by atoms with van der Waals surface area (Å²) >= 11 is 0. The van der Waals surface area contributed by atoms with Gasteiger partial charge in [0.2, 0.25) is 0 Å². The van der Waals surface area contributed by atoms with Crippen LogP contribution in [0.5, 0.6) is 0 Å². The van der Waals surface area contributed by atoms with Crippen LogP contribution in [0.4, 0.5) is 0 Å². The molecule has 2 heteroatoms. The van der Waals surface area contributed by atoms with Gasteiger partial charge < -0.3 is 10.1 Å². The number of hydrogen-bond donors (Lipinski definition) is 1. The van der Waals surface area contributed by atoms with Crippen LogP contribution in [-0.2, 0) is 4.74 Å². The van der Waals surface area contributed by atoms with Crippen molar-refractivity contribution in [1.29, 1.82) is 0 Å². The summed E-state index contributed by atoms with van der Waals surface area (Å²) in [5, 5.41) is 3.47. The van der Waals surface area contributed by atoms with Crippen LogP contribution >= 0.6 is 0 Å². The number of ether oxygens (including phenoxy) is 1. The summed E-state index contributed by atoms with van der Waals surface area (Å²) in [5.74, 6) is 0. The maximum Gasteiger partial charge on any atom is 0.0605 e. The molecule has 16 heavy (non-hydrogen) atoms. The highest BCUT2D eigenvalue weighted by Gasteiger charge is 2.20. The van der Waals surface area contributed by atoms with E-state index in [0.717, 1.165) is 6.54 Å². The van der Waals surface area contributed by atoms with Crippen LogP contribution in [0.1, 0.15) is 65.7 Å². The normalized spacial score (nSPS) is 27.9. The Morgan fingerprint density at radius 3 is 2.81 bits per heavy atom. The smallest absolute Gasteiger partial charge is 0.0605 e. The van der Waals surface area contributed by atoms with E-state index in [0.29, 0.717) is 18.2 Å². The van der Waals surface area contributed by atoms with Crippen molar-refractivity contribution >= 4 is 0 Å². The summed E-state index contributed by atoms with van der Waals surface area (Å²) in [6.07, 6.45) is 9.94. The summed E-state index contributed by atoms with van der Waals surface area (Å²) in [6.45, 7) is 7.87. The zero-order valence-corrected chi connectivity index (χ0v) is 11.3. The van der Waals surface area contributed by atoms with Crippen molar-refractivity contribution in [2.45, 2.75) is 84.0 Å². The molecular weight excluding hydrogens is 198 g/mol. The summed E-state index contributed by atoms with van der Waals surface area (Å²) in [4.78, 5) is 0. The van der Waals surface area contributed by atoms with E-state index in [9.17, 15) is 0 Å². The van der Waals surface area contributed by atoms with Gasteiger partial charge in [-0.25, -0.2) is 0 Å². The second-order valence-electron chi connectivity index (χ2n) is 5.30. The molecule has 3 unspecified atom stereocenters. The largest absolute Gasteiger partial charge is 0.375 e. The molecule has 1 rings (SSSR count). The van der Waals surface area contributed by atoms with Gasteiger partial charge in [0.15, 0.2) is 0 Å². The van der Waals surface area contributed by atoms with Crippen LogP contribution in [0, 0.1) is 0 Å². The Balaban J connectivity index is 2.06. The van der Waals surface area contributed by atoms with Crippen molar-refractivity contribution in [1.82, 2.24) is 5.32 Å². The third-order valence-corrected chi connectivity index (χ3v) is 3.46. The summed E-state index contributed by atoms with van der Waals surface area (Å²) in [5.41, 5.74) is 0. The number of hydrogen-bond acceptors (Lipinski definition) is 2. The topological polar surface area (TPSA) is 21.3 Å². The molecule has 0 spiro atoms. The second kappa shape index (κ2) is 8.08. The van der Waals surface area contributed by atoms with Gasteiger partial charge in [-0.15, -0.1) is 0 Å². The molecule has 96 valence electrons. The minimum atomic E-state index is 0.451. The second-order valence-corrected chi connectivity index (χ2v) is 5.30.